The molecule has 0 unspecified atom stereocenters. The Hall–Kier alpha value is -3.11. The van der Waals surface area contributed by atoms with Crippen molar-refractivity contribution >= 4 is 34.4 Å². The first kappa shape index (κ1) is 21.1. The zero-order valence-corrected chi connectivity index (χ0v) is 18.2. The highest BCUT2D eigenvalue weighted by atomic mass is 35.5. The van der Waals surface area contributed by atoms with Gasteiger partial charge in [-0.2, -0.15) is 0 Å². The molecule has 2 N–H and O–H groups in total. The predicted octanol–water partition coefficient (Wildman–Crippen LogP) is -0.105. The number of carbonyl (C=O) groups is 1. The number of hydrogen-bond donors (Lipinski definition) is 1. The lowest BCUT2D eigenvalue weighted by atomic mass is 10.2. The van der Waals surface area contributed by atoms with Crippen LogP contribution in [-0.2, 0) is 32.0 Å². The molecule has 11 heteroatoms. The van der Waals surface area contributed by atoms with Gasteiger partial charge in [0.1, 0.15) is 12.4 Å². The van der Waals surface area contributed by atoms with Crippen LogP contribution in [0.1, 0.15) is 5.82 Å². The lowest BCUT2D eigenvalue weighted by Gasteiger charge is -2.36. The van der Waals surface area contributed by atoms with E-state index in [1.54, 1.807) is 7.05 Å². The highest BCUT2D eigenvalue weighted by Crippen LogP contribution is 2.21. The summed E-state index contributed by atoms with van der Waals surface area (Å²) >= 11 is 6.11. The normalized spacial score (nSPS) is 15.0. The number of rotatable bonds is 5. The second kappa shape index (κ2) is 8.20. The van der Waals surface area contributed by atoms with Crippen LogP contribution in [0.25, 0.3) is 11.2 Å². The van der Waals surface area contributed by atoms with Crippen LogP contribution < -0.4 is 21.9 Å². The summed E-state index contributed by atoms with van der Waals surface area (Å²) in [6.07, 6.45) is 0. The quantitative estimate of drug-likeness (QED) is 0.586. The van der Waals surface area contributed by atoms with E-state index in [-0.39, 0.29) is 17.7 Å². The third-order valence-electron chi connectivity index (χ3n) is 5.65. The first-order chi connectivity index (χ1) is 14.8. The number of fused-ring (bicyclic) bond motifs is 1. The molecule has 1 aromatic carbocycles. The molecule has 10 nitrogen and oxygen atoms in total. The minimum Gasteiger partial charge on any atom is -0.369 e. The summed E-state index contributed by atoms with van der Waals surface area (Å²) in [5.74, 6) is -0.0504. The predicted molar refractivity (Wildman–Crippen MR) is 118 cm³/mol. The monoisotopic (exact) mass is 445 g/mol. The average molecular weight is 446 g/mol. The second-order valence-electron chi connectivity index (χ2n) is 7.70. The van der Waals surface area contributed by atoms with Crippen molar-refractivity contribution in [1.82, 2.24) is 23.6 Å². The van der Waals surface area contributed by atoms with E-state index in [4.69, 9.17) is 17.3 Å². The Bertz CT molecular complexity index is 1270. The lowest BCUT2D eigenvalue weighted by Crippen LogP contribution is -2.46. The van der Waals surface area contributed by atoms with Gasteiger partial charge in [0.2, 0.25) is 5.91 Å². The number of nitrogens with zero attached hydrogens (tertiary/aromatic N) is 6. The van der Waals surface area contributed by atoms with Crippen molar-refractivity contribution in [1.29, 1.82) is 0 Å². The Morgan fingerprint density at radius 2 is 1.84 bits per heavy atom. The van der Waals surface area contributed by atoms with E-state index in [0.29, 0.717) is 17.4 Å². The van der Waals surface area contributed by atoms with E-state index in [1.165, 1.54) is 16.2 Å². The summed E-state index contributed by atoms with van der Waals surface area (Å²) in [5, 5.41) is 0.701. The minimum atomic E-state index is -0.581. The number of carbonyl (C=O) groups excluding carboxylic acids is 1. The maximum Gasteiger partial charge on any atom is 0.332 e. The van der Waals surface area contributed by atoms with Crippen LogP contribution >= 0.6 is 11.6 Å². The Balaban J connectivity index is 1.62. The summed E-state index contributed by atoms with van der Waals surface area (Å²) in [5.41, 5.74) is 6.00. The molecule has 31 heavy (non-hydrogen) atoms. The first-order valence-corrected chi connectivity index (χ1v) is 10.3. The molecule has 3 aromatic rings. The van der Waals surface area contributed by atoms with Crippen LogP contribution in [0.15, 0.2) is 33.9 Å². The molecule has 4 rings (SSSR count). The second-order valence-corrected chi connectivity index (χ2v) is 8.14. The van der Waals surface area contributed by atoms with Gasteiger partial charge in [-0.3, -0.25) is 23.6 Å². The third-order valence-corrected chi connectivity index (χ3v) is 5.89. The van der Waals surface area contributed by atoms with E-state index in [1.807, 2.05) is 24.3 Å². The zero-order valence-electron chi connectivity index (χ0n) is 17.4. The van der Waals surface area contributed by atoms with Crippen molar-refractivity contribution in [2.75, 3.05) is 31.1 Å². The van der Waals surface area contributed by atoms with Crippen LogP contribution in [0.5, 0.6) is 0 Å². The molecule has 2 aromatic heterocycles. The Kier molecular flexibility index (Phi) is 5.59. The molecule has 164 valence electrons. The molecular weight excluding hydrogens is 422 g/mol. The average Bonchev–Trinajstić information content (AvgIpc) is 3.08. The number of hydrogen-bond acceptors (Lipinski definition) is 6. The standard InChI is InChI=1S/C20H24ClN7O3/c1-24-18-17(19(30)25(2)20(24)31)28(11-15(22)29)16(23-18)12-26-6-8-27(9-7-26)14-5-3-4-13(21)10-14/h3-5,10H,6-9,11-12H2,1-2H3,(H2,22,29). The molecule has 1 aliphatic heterocycles. The van der Waals surface area contributed by atoms with E-state index < -0.39 is 17.2 Å². The number of piperazine rings is 1. The number of imidazole rings is 1. The molecular formula is C20H24ClN7O3. The fourth-order valence-corrected chi connectivity index (χ4v) is 4.16. The summed E-state index contributed by atoms with van der Waals surface area (Å²) in [7, 11) is 2.96. The third kappa shape index (κ3) is 3.96. The van der Waals surface area contributed by atoms with Gasteiger partial charge in [0.25, 0.3) is 5.56 Å². The zero-order chi connectivity index (χ0) is 22.3. The molecule has 1 fully saturated rings. The largest absolute Gasteiger partial charge is 0.369 e. The van der Waals surface area contributed by atoms with E-state index in [9.17, 15) is 14.4 Å². The van der Waals surface area contributed by atoms with Crippen LogP contribution in [0.3, 0.4) is 0 Å². The summed E-state index contributed by atoms with van der Waals surface area (Å²) in [4.78, 5) is 45.7. The van der Waals surface area contributed by atoms with Gasteiger partial charge in [0.15, 0.2) is 11.2 Å². The van der Waals surface area contributed by atoms with Crippen molar-refractivity contribution in [3.8, 4) is 0 Å². The lowest BCUT2D eigenvalue weighted by molar-refractivity contribution is -0.118. The van der Waals surface area contributed by atoms with Crippen molar-refractivity contribution in [3.63, 3.8) is 0 Å². The Morgan fingerprint density at radius 3 is 2.48 bits per heavy atom. The fourth-order valence-electron chi connectivity index (χ4n) is 3.98. The molecule has 1 amide bonds. The van der Waals surface area contributed by atoms with Gasteiger partial charge < -0.3 is 15.2 Å². The van der Waals surface area contributed by atoms with Gasteiger partial charge in [0, 0.05) is 51.0 Å². The molecule has 0 spiro atoms. The van der Waals surface area contributed by atoms with E-state index in [0.717, 1.165) is 36.4 Å². The van der Waals surface area contributed by atoms with Gasteiger partial charge >= 0.3 is 5.69 Å². The molecule has 0 aliphatic carbocycles. The van der Waals surface area contributed by atoms with Crippen molar-refractivity contribution in [2.45, 2.75) is 13.1 Å². The molecule has 1 aliphatic rings. The Morgan fingerprint density at radius 1 is 1.13 bits per heavy atom. The molecule has 1 saturated heterocycles. The minimum absolute atomic E-state index is 0.179. The van der Waals surface area contributed by atoms with Crippen LogP contribution in [0.4, 0.5) is 5.69 Å². The Labute approximate surface area is 183 Å². The molecule has 0 atom stereocenters. The van der Waals surface area contributed by atoms with Crippen LogP contribution in [0.2, 0.25) is 5.02 Å². The number of amides is 1. The van der Waals surface area contributed by atoms with Crippen LogP contribution in [-0.4, -0.2) is 55.7 Å². The number of aryl methyl sites for hydroxylation is 1. The number of primary amides is 1. The van der Waals surface area contributed by atoms with Gasteiger partial charge in [-0.15, -0.1) is 0 Å². The van der Waals surface area contributed by atoms with Gasteiger partial charge in [-0.1, -0.05) is 17.7 Å². The van der Waals surface area contributed by atoms with Gasteiger partial charge in [-0.05, 0) is 18.2 Å². The molecule has 0 saturated carbocycles. The van der Waals surface area contributed by atoms with Gasteiger partial charge in [-0.25, -0.2) is 9.78 Å². The summed E-state index contributed by atoms with van der Waals surface area (Å²) in [6, 6.07) is 7.76. The van der Waals surface area contributed by atoms with E-state index in [2.05, 4.69) is 14.8 Å². The first-order valence-electron chi connectivity index (χ1n) is 9.92. The van der Waals surface area contributed by atoms with Crippen LogP contribution in [0, 0.1) is 0 Å². The molecule has 3 heterocycles. The summed E-state index contributed by atoms with van der Waals surface area (Å²) in [6.45, 7) is 3.39. The highest BCUT2D eigenvalue weighted by Gasteiger charge is 2.23. The molecule has 0 radical (unpaired) electrons. The summed E-state index contributed by atoms with van der Waals surface area (Å²) < 4.78 is 3.85. The maximum absolute atomic E-state index is 12.7. The SMILES string of the molecule is Cn1c(=O)c2c(nc(CN3CCN(c4cccc(Cl)c4)CC3)n2CC(N)=O)n(C)c1=O. The van der Waals surface area contributed by atoms with Gasteiger partial charge in [0.05, 0.1) is 6.54 Å². The van der Waals surface area contributed by atoms with Crippen molar-refractivity contribution < 1.29 is 4.79 Å². The van der Waals surface area contributed by atoms with Crippen molar-refractivity contribution in [2.24, 2.45) is 19.8 Å². The fraction of sp³-hybridized carbons (Fsp3) is 0.400. The number of benzene rings is 1. The topological polar surface area (TPSA) is 111 Å². The molecule has 0 bridgehead atoms. The number of halogens is 1. The number of aromatic nitrogens is 4. The number of anilines is 1. The maximum atomic E-state index is 12.7. The highest BCUT2D eigenvalue weighted by molar-refractivity contribution is 6.30. The van der Waals surface area contributed by atoms with E-state index >= 15 is 0 Å². The van der Waals surface area contributed by atoms with Crippen molar-refractivity contribution in [3.05, 3.63) is 56.0 Å². The number of nitrogens with two attached hydrogens (primary N) is 1. The smallest absolute Gasteiger partial charge is 0.332 e.